The summed E-state index contributed by atoms with van der Waals surface area (Å²) in [5, 5.41) is 0. The van der Waals surface area contributed by atoms with Gasteiger partial charge in [0.2, 0.25) is 0 Å². The fourth-order valence-electron chi connectivity index (χ4n) is 3.78. The second-order valence-electron chi connectivity index (χ2n) is 10.3. The van der Waals surface area contributed by atoms with Crippen LogP contribution >= 0.6 is 28.2 Å². The number of halogens is 2. The fourth-order valence-corrected chi connectivity index (χ4v) is 3.78. The topological polar surface area (TPSA) is 37.1 Å². The minimum absolute atomic E-state index is 0.0442. The summed E-state index contributed by atoms with van der Waals surface area (Å²) >= 11 is 7.00. The van der Waals surface area contributed by atoms with Crippen LogP contribution in [0, 0.1) is 0 Å². The van der Waals surface area contributed by atoms with Gasteiger partial charge in [-0.25, -0.2) is 4.99 Å². The van der Waals surface area contributed by atoms with Crippen LogP contribution in [0.25, 0.3) is 0 Å². The van der Waals surface area contributed by atoms with Crippen molar-refractivity contribution in [3.05, 3.63) is 71.4 Å². The molecule has 3 nitrogen and oxygen atoms in total. The molecule has 0 atom stereocenters. The van der Waals surface area contributed by atoms with Crippen molar-refractivity contribution in [2.24, 2.45) is 15.0 Å². The first kappa shape index (κ1) is 28.9. The first-order valence-electron chi connectivity index (χ1n) is 11.3. The second kappa shape index (κ2) is 12.6. The Morgan fingerprint density at radius 3 is 1.62 bits per heavy atom. The van der Waals surface area contributed by atoms with E-state index in [1.165, 1.54) is 11.1 Å². The van der Waals surface area contributed by atoms with Crippen molar-refractivity contribution >= 4 is 56.7 Å². The molecule has 0 saturated heterocycles. The number of hydrogen-bond acceptors (Lipinski definition) is 3. The Bertz CT molecular complexity index is 1120. The van der Waals surface area contributed by atoms with Crippen molar-refractivity contribution in [2.45, 2.75) is 72.6 Å². The van der Waals surface area contributed by atoms with Gasteiger partial charge in [0.15, 0.2) is 0 Å². The quantitative estimate of drug-likeness (QED) is 0.239. The van der Waals surface area contributed by atoms with E-state index in [2.05, 4.69) is 119 Å². The minimum atomic E-state index is 0.0442. The second-order valence-corrected chi connectivity index (χ2v) is 15.9. The van der Waals surface area contributed by atoms with E-state index >= 15 is 0 Å². The zero-order valence-corrected chi connectivity index (χ0v) is 25.6. The van der Waals surface area contributed by atoms with Crippen LogP contribution in [-0.4, -0.2) is 17.1 Å². The summed E-state index contributed by atoms with van der Waals surface area (Å²) in [5.74, 6) is 0. The van der Waals surface area contributed by atoms with Crippen LogP contribution in [0.5, 0.6) is 0 Å². The van der Waals surface area contributed by atoms with Gasteiger partial charge in [-0.2, -0.15) is 0 Å². The van der Waals surface area contributed by atoms with Crippen molar-refractivity contribution in [3.63, 3.8) is 0 Å². The van der Waals surface area contributed by atoms with Crippen molar-refractivity contribution in [1.29, 1.82) is 0 Å². The molecule has 0 bridgehead atoms. The van der Waals surface area contributed by atoms with Gasteiger partial charge < -0.3 is 0 Å². The van der Waals surface area contributed by atoms with Crippen molar-refractivity contribution < 1.29 is 11.3 Å². The Morgan fingerprint density at radius 1 is 0.765 bits per heavy atom. The van der Waals surface area contributed by atoms with E-state index in [1.807, 2.05) is 19.1 Å². The normalized spacial score (nSPS) is 15.0. The van der Waals surface area contributed by atoms with Crippen molar-refractivity contribution in [1.82, 2.24) is 0 Å². The van der Waals surface area contributed by atoms with Gasteiger partial charge in [0.05, 0.1) is 34.2 Å². The molecule has 1 heterocycles. The number of nitrogens with zero attached hydrogens (tertiary/aromatic N) is 3. The Balaban J connectivity index is 0.00000129. The van der Waals surface area contributed by atoms with Crippen LogP contribution in [0.1, 0.15) is 72.9 Å². The first-order valence-corrected chi connectivity index (χ1v) is 16.8. The summed E-state index contributed by atoms with van der Waals surface area (Å²) in [7, 11) is 0. The van der Waals surface area contributed by atoms with Crippen LogP contribution in [0.2, 0.25) is 0 Å². The number of aliphatic imine (C=N–C) groups is 3. The summed E-state index contributed by atoms with van der Waals surface area (Å²) in [5.41, 5.74) is 8.48. The summed E-state index contributed by atoms with van der Waals surface area (Å²) in [6.45, 7) is 17.4. The predicted octanol–water partition coefficient (Wildman–Crippen LogP) is 9.58. The van der Waals surface area contributed by atoms with E-state index in [-0.39, 0.29) is 10.8 Å². The molecule has 184 valence electrons. The van der Waals surface area contributed by atoms with E-state index in [0.717, 1.165) is 52.0 Å². The molecule has 0 N–H and O–H groups in total. The van der Waals surface area contributed by atoms with Gasteiger partial charge in [0.1, 0.15) is 0 Å². The van der Waals surface area contributed by atoms with E-state index in [9.17, 15) is 0 Å². The Labute approximate surface area is 225 Å². The molecule has 6 heteroatoms. The fraction of sp³-hybridized carbons (Fsp3) is 0.393. The van der Waals surface area contributed by atoms with E-state index in [0.29, 0.717) is 0 Å². The van der Waals surface area contributed by atoms with E-state index < -0.39 is 0 Å². The molecule has 0 aliphatic carbocycles. The number of rotatable bonds is 4. The van der Waals surface area contributed by atoms with Gasteiger partial charge in [-0.15, -0.1) is 0 Å². The molecule has 3 rings (SSSR count). The number of para-hydroxylation sites is 2. The van der Waals surface area contributed by atoms with Crippen molar-refractivity contribution in [2.75, 3.05) is 0 Å². The molecule has 1 aliphatic heterocycles. The van der Waals surface area contributed by atoms with Gasteiger partial charge in [-0.1, -0.05) is 84.0 Å². The number of hydrogen-bond donors (Lipinski definition) is 0. The van der Waals surface area contributed by atoms with Crippen LogP contribution in [0.4, 0.5) is 11.4 Å². The average molecular weight is 629 g/mol. The zero-order valence-electron chi connectivity index (χ0n) is 21.4. The third kappa shape index (κ3) is 8.12. The average Bonchev–Trinajstić information content (AvgIpc) is 3.24. The third-order valence-electron chi connectivity index (χ3n) is 5.53. The van der Waals surface area contributed by atoms with Crippen LogP contribution in [0.15, 0.2) is 75.3 Å². The SMILES string of the molecule is CC(=Nc1ccccc1C(C)(C)C)C1=CCC(C(C)=Nc2ccccc2C(C)(C)C)=N1.[Br][Fe][Br]. The standard InChI is InChI=1S/C28H35N3.2BrH.Fe/c1-19(29-25-15-11-9-13-21(25)27(3,4)5)23-17-18-24(31-23)20(2)30-26-16-12-10-14-22(26)28(6,7)8;;;/h9-17H,18H2,1-8H3;2*1H;/q;;;+2/p-2. The molecule has 1 aliphatic rings. The molecule has 0 spiro atoms. The molecule has 0 aromatic heterocycles. The molecule has 0 unspecified atom stereocenters. The summed E-state index contributed by atoms with van der Waals surface area (Å²) in [6.07, 6.45) is 2.94. The van der Waals surface area contributed by atoms with Gasteiger partial charge in [0.25, 0.3) is 0 Å². The summed E-state index contributed by atoms with van der Waals surface area (Å²) in [4.78, 5) is 14.8. The van der Waals surface area contributed by atoms with Crippen LogP contribution in [-0.2, 0) is 22.2 Å². The van der Waals surface area contributed by atoms with Crippen molar-refractivity contribution in [3.8, 4) is 0 Å². The molecular weight excluding hydrogens is 594 g/mol. The Hall–Kier alpha value is -1.33. The first-order chi connectivity index (χ1) is 15.9. The zero-order chi connectivity index (χ0) is 25.5. The molecule has 2 aromatic rings. The van der Waals surface area contributed by atoms with E-state index in [1.54, 1.807) is 0 Å². The molecule has 0 fully saturated rings. The predicted molar refractivity (Wildman–Crippen MR) is 154 cm³/mol. The number of allylic oxidation sites excluding steroid dienone is 2. The summed E-state index contributed by atoms with van der Waals surface area (Å²) < 4.78 is 0. The van der Waals surface area contributed by atoms with Gasteiger partial charge in [-0.3, -0.25) is 9.98 Å². The Morgan fingerprint density at radius 2 is 1.18 bits per heavy atom. The van der Waals surface area contributed by atoms with Gasteiger partial charge in [0, 0.05) is 6.42 Å². The molecule has 0 saturated carbocycles. The Kier molecular flexibility index (Phi) is 10.7. The maximum absolute atomic E-state index is 4.94. The molecule has 2 aromatic carbocycles. The van der Waals surface area contributed by atoms with Crippen LogP contribution in [0.3, 0.4) is 0 Å². The summed E-state index contributed by atoms with van der Waals surface area (Å²) in [6, 6.07) is 16.7. The van der Waals surface area contributed by atoms with Gasteiger partial charge >= 0.3 is 39.6 Å². The molecular formula is C28H35Br2FeN3. The number of benzene rings is 2. The van der Waals surface area contributed by atoms with Crippen LogP contribution < -0.4 is 0 Å². The molecule has 0 radical (unpaired) electrons. The molecule has 34 heavy (non-hydrogen) atoms. The van der Waals surface area contributed by atoms with E-state index in [4.69, 9.17) is 15.0 Å². The third-order valence-corrected chi connectivity index (χ3v) is 5.53. The monoisotopic (exact) mass is 627 g/mol. The maximum atomic E-state index is 4.94. The molecule has 0 amide bonds. The van der Waals surface area contributed by atoms with Gasteiger partial charge in [-0.05, 0) is 47.9 Å².